The van der Waals surface area contributed by atoms with Gasteiger partial charge in [0, 0.05) is 6.04 Å². The van der Waals surface area contributed by atoms with Gasteiger partial charge in [-0.1, -0.05) is 17.7 Å². The zero-order valence-corrected chi connectivity index (χ0v) is 16.7. The molecular formula is C20H25NO5S. The normalized spacial score (nSPS) is 18.4. The zero-order chi connectivity index (χ0) is 19.6. The molecule has 3 rings (SSSR count). The third kappa shape index (κ3) is 4.71. The Hall–Kier alpha value is -2.28. The molecule has 1 atom stereocenters. The van der Waals surface area contributed by atoms with Crippen LogP contribution >= 0.6 is 0 Å². The number of amides is 1. The van der Waals surface area contributed by atoms with Gasteiger partial charge in [-0.2, -0.15) is 0 Å². The maximum Gasteiger partial charge on any atom is 0.261 e. The van der Waals surface area contributed by atoms with E-state index in [9.17, 15) is 13.2 Å². The third-order valence-corrected chi connectivity index (χ3v) is 6.57. The van der Waals surface area contributed by atoms with Gasteiger partial charge in [-0.15, -0.1) is 0 Å². The van der Waals surface area contributed by atoms with E-state index in [-0.39, 0.29) is 36.6 Å². The van der Waals surface area contributed by atoms with Crippen LogP contribution in [0.25, 0.3) is 0 Å². The number of furan rings is 1. The molecule has 1 saturated heterocycles. The summed E-state index contributed by atoms with van der Waals surface area (Å²) in [5, 5.41) is 0. The molecule has 27 heavy (non-hydrogen) atoms. The van der Waals surface area contributed by atoms with E-state index >= 15 is 0 Å². The lowest BCUT2D eigenvalue weighted by Gasteiger charge is -2.27. The minimum Gasteiger partial charge on any atom is -0.483 e. The van der Waals surface area contributed by atoms with Gasteiger partial charge in [0.25, 0.3) is 5.91 Å². The van der Waals surface area contributed by atoms with Crippen molar-refractivity contribution in [3.8, 4) is 5.75 Å². The van der Waals surface area contributed by atoms with E-state index in [0.29, 0.717) is 17.9 Å². The van der Waals surface area contributed by atoms with Gasteiger partial charge in [-0.3, -0.25) is 4.79 Å². The Kier molecular flexibility index (Phi) is 5.60. The number of nitrogens with zero attached hydrogens (tertiary/aromatic N) is 1. The SMILES string of the molecule is Cc1cc(C)c(OCC(=O)N(Cc2ccco2)[C@@H]2CCS(=O)(=O)C2)c(C)c1. The molecule has 1 amide bonds. The Morgan fingerprint density at radius 3 is 2.52 bits per heavy atom. The fraction of sp³-hybridized carbons (Fsp3) is 0.450. The molecule has 146 valence electrons. The van der Waals surface area contributed by atoms with Crippen LogP contribution in [-0.4, -0.2) is 43.4 Å². The zero-order valence-electron chi connectivity index (χ0n) is 15.9. The summed E-state index contributed by atoms with van der Waals surface area (Å²) in [7, 11) is -3.10. The van der Waals surface area contributed by atoms with Crippen LogP contribution in [0, 0.1) is 20.8 Å². The summed E-state index contributed by atoms with van der Waals surface area (Å²) in [6.07, 6.45) is 1.98. The predicted octanol–water partition coefficient (Wildman–Crippen LogP) is 2.80. The molecule has 0 radical (unpaired) electrons. The second kappa shape index (κ2) is 7.76. The molecule has 0 unspecified atom stereocenters. The molecule has 0 aliphatic carbocycles. The number of carbonyl (C=O) groups excluding carboxylic acids is 1. The third-order valence-electron chi connectivity index (χ3n) is 4.82. The summed E-state index contributed by atoms with van der Waals surface area (Å²) in [5.41, 5.74) is 3.09. The van der Waals surface area contributed by atoms with Gasteiger partial charge in [-0.05, 0) is 50.5 Å². The molecular weight excluding hydrogens is 366 g/mol. The summed E-state index contributed by atoms with van der Waals surface area (Å²) >= 11 is 0. The predicted molar refractivity (Wildman–Crippen MR) is 102 cm³/mol. The van der Waals surface area contributed by atoms with E-state index in [1.807, 2.05) is 32.9 Å². The summed E-state index contributed by atoms with van der Waals surface area (Å²) in [4.78, 5) is 14.5. The first-order valence-corrected chi connectivity index (χ1v) is 10.8. The highest BCUT2D eigenvalue weighted by atomic mass is 32.2. The second-order valence-electron chi connectivity index (χ2n) is 7.17. The molecule has 0 spiro atoms. The molecule has 0 saturated carbocycles. The first-order chi connectivity index (χ1) is 12.7. The van der Waals surface area contributed by atoms with Crippen molar-refractivity contribution in [2.75, 3.05) is 18.1 Å². The van der Waals surface area contributed by atoms with Crippen LogP contribution in [0.5, 0.6) is 5.75 Å². The molecule has 0 N–H and O–H groups in total. The maximum atomic E-state index is 12.9. The van der Waals surface area contributed by atoms with Crippen molar-refractivity contribution in [1.29, 1.82) is 0 Å². The van der Waals surface area contributed by atoms with Gasteiger partial charge in [0.1, 0.15) is 11.5 Å². The van der Waals surface area contributed by atoms with E-state index in [2.05, 4.69) is 0 Å². The summed E-state index contributed by atoms with van der Waals surface area (Å²) in [6.45, 7) is 6.01. The van der Waals surface area contributed by atoms with Crippen molar-refractivity contribution in [1.82, 2.24) is 4.90 Å². The minimum atomic E-state index is -3.10. The highest BCUT2D eigenvalue weighted by Crippen LogP contribution is 2.25. The standard InChI is InChI=1S/C20H25NO5S/c1-14-9-15(2)20(16(3)10-14)26-12-19(22)21(11-18-5-4-7-25-18)17-6-8-27(23,24)13-17/h4-5,7,9-10,17H,6,8,11-13H2,1-3H3/t17-/m1/s1. The van der Waals surface area contributed by atoms with Gasteiger partial charge in [0.2, 0.25) is 0 Å². The van der Waals surface area contributed by atoms with Crippen molar-refractivity contribution in [3.05, 3.63) is 53.0 Å². The van der Waals surface area contributed by atoms with Crippen molar-refractivity contribution in [3.63, 3.8) is 0 Å². The minimum absolute atomic E-state index is 0.0119. The Bertz CT molecular complexity index is 895. The van der Waals surface area contributed by atoms with E-state index in [1.54, 1.807) is 23.3 Å². The number of aryl methyl sites for hydroxylation is 3. The van der Waals surface area contributed by atoms with Crippen LogP contribution in [0.3, 0.4) is 0 Å². The first kappa shape index (κ1) is 19.5. The summed E-state index contributed by atoms with van der Waals surface area (Å²) in [6, 6.07) is 7.20. The maximum absolute atomic E-state index is 12.9. The average Bonchev–Trinajstić information content (AvgIpc) is 3.20. The number of carbonyl (C=O) groups is 1. The lowest BCUT2D eigenvalue weighted by atomic mass is 10.1. The fourth-order valence-electron chi connectivity index (χ4n) is 3.62. The smallest absolute Gasteiger partial charge is 0.261 e. The lowest BCUT2D eigenvalue weighted by Crippen LogP contribution is -2.43. The number of ether oxygens (including phenoxy) is 1. The Morgan fingerprint density at radius 1 is 1.26 bits per heavy atom. The van der Waals surface area contributed by atoms with E-state index in [0.717, 1.165) is 16.7 Å². The summed E-state index contributed by atoms with van der Waals surface area (Å²) < 4.78 is 34.9. The van der Waals surface area contributed by atoms with Crippen LogP contribution in [0.1, 0.15) is 28.9 Å². The number of rotatable bonds is 6. The topological polar surface area (TPSA) is 76.8 Å². The number of hydrogen-bond acceptors (Lipinski definition) is 5. The number of hydrogen-bond donors (Lipinski definition) is 0. The van der Waals surface area contributed by atoms with Crippen LogP contribution in [0.4, 0.5) is 0 Å². The van der Waals surface area contributed by atoms with Crippen molar-refractivity contribution in [2.24, 2.45) is 0 Å². The molecule has 1 aromatic heterocycles. The van der Waals surface area contributed by atoms with Crippen molar-refractivity contribution < 1.29 is 22.4 Å². The Labute approximate surface area is 160 Å². The van der Waals surface area contributed by atoms with E-state index in [4.69, 9.17) is 9.15 Å². The highest BCUT2D eigenvalue weighted by Gasteiger charge is 2.35. The summed E-state index contributed by atoms with van der Waals surface area (Å²) in [5.74, 6) is 1.17. The monoisotopic (exact) mass is 391 g/mol. The molecule has 2 heterocycles. The Morgan fingerprint density at radius 2 is 1.96 bits per heavy atom. The molecule has 6 nitrogen and oxygen atoms in total. The number of benzene rings is 1. The number of sulfone groups is 1. The van der Waals surface area contributed by atoms with Crippen LogP contribution in [-0.2, 0) is 21.2 Å². The van der Waals surface area contributed by atoms with E-state index < -0.39 is 9.84 Å². The van der Waals surface area contributed by atoms with Crippen molar-refractivity contribution in [2.45, 2.75) is 39.8 Å². The molecule has 1 aromatic carbocycles. The average molecular weight is 391 g/mol. The van der Waals surface area contributed by atoms with Gasteiger partial charge in [0.05, 0.1) is 24.3 Å². The molecule has 1 fully saturated rings. The van der Waals surface area contributed by atoms with Crippen molar-refractivity contribution >= 4 is 15.7 Å². The lowest BCUT2D eigenvalue weighted by molar-refractivity contribution is -0.136. The second-order valence-corrected chi connectivity index (χ2v) is 9.40. The Balaban J connectivity index is 1.75. The molecule has 0 bridgehead atoms. The first-order valence-electron chi connectivity index (χ1n) is 8.98. The largest absolute Gasteiger partial charge is 0.483 e. The van der Waals surface area contributed by atoms with Gasteiger partial charge in [-0.25, -0.2) is 8.42 Å². The fourth-order valence-corrected chi connectivity index (χ4v) is 5.35. The van der Waals surface area contributed by atoms with Crippen LogP contribution in [0.2, 0.25) is 0 Å². The van der Waals surface area contributed by atoms with Gasteiger partial charge < -0.3 is 14.1 Å². The molecule has 1 aliphatic rings. The van der Waals surface area contributed by atoms with Gasteiger partial charge in [0.15, 0.2) is 16.4 Å². The molecule has 7 heteroatoms. The molecule has 2 aromatic rings. The quantitative estimate of drug-likeness (QED) is 0.757. The molecule has 1 aliphatic heterocycles. The highest BCUT2D eigenvalue weighted by molar-refractivity contribution is 7.91. The van der Waals surface area contributed by atoms with Crippen LogP contribution < -0.4 is 4.74 Å². The van der Waals surface area contributed by atoms with E-state index in [1.165, 1.54) is 0 Å². The van der Waals surface area contributed by atoms with Gasteiger partial charge >= 0.3 is 0 Å². The van der Waals surface area contributed by atoms with Crippen LogP contribution in [0.15, 0.2) is 34.9 Å².